The zero-order chi connectivity index (χ0) is 18.9. The lowest BCUT2D eigenvalue weighted by Crippen LogP contribution is -2.56. The summed E-state index contributed by atoms with van der Waals surface area (Å²) in [6.07, 6.45) is 4.82. The van der Waals surface area contributed by atoms with Gasteiger partial charge in [-0.15, -0.1) is 0 Å². The van der Waals surface area contributed by atoms with Crippen LogP contribution < -0.4 is 4.90 Å². The quantitative estimate of drug-likeness (QED) is 0.822. The van der Waals surface area contributed by atoms with Gasteiger partial charge in [0, 0.05) is 37.6 Å². The Bertz CT molecular complexity index is 835. The maximum Gasteiger partial charge on any atom is 0.253 e. The predicted octanol–water partition coefficient (Wildman–Crippen LogP) is 1.62. The number of aryl methyl sites for hydroxylation is 2. The lowest BCUT2D eigenvalue weighted by molar-refractivity contribution is -0.139. The highest BCUT2D eigenvalue weighted by Crippen LogP contribution is 2.32. The van der Waals surface area contributed by atoms with Crippen LogP contribution in [0.15, 0.2) is 42.7 Å². The second-order valence-corrected chi connectivity index (χ2v) is 7.27. The average molecular weight is 368 g/mol. The van der Waals surface area contributed by atoms with Gasteiger partial charge in [0.05, 0.1) is 13.1 Å². The number of benzene rings is 1. The summed E-state index contributed by atoms with van der Waals surface area (Å²) in [5.41, 5.74) is 0.412. The minimum atomic E-state index is -0.468. The number of hydrogen-bond donors (Lipinski definition) is 0. The molecule has 2 aliphatic rings. The number of nitrogens with zero attached hydrogens (tertiary/aromatic N) is 4. The van der Waals surface area contributed by atoms with Gasteiger partial charge in [-0.1, -0.05) is 18.2 Å². The first-order valence-electron chi connectivity index (χ1n) is 9.31. The van der Waals surface area contributed by atoms with Crippen molar-refractivity contribution in [2.24, 2.45) is 0 Å². The van der Waals surface area contributed by atoms with E-state index in [-0.39, 0.29) is 18.4 Å². The second kappa shape index (κ2) is 7.15. The van der Waals surface area contributed by atoms with Gasteiger partial charge in [-0.05, 0) is 25.5 Å². The molecule has 2 aliphatic heterocycles. The van der Waals surface area contributed by atoms with E-state index in [0.29, 0.717) is 32.6 Å². The number of hydrogen-bond acceptors (Lipinski definition) is 4. The fourth-order valence-corrected chi connectivity index (χ4v) is 3.88. The fourth-order valence-electron chi connectivity index (χ4n) is 3.88. The number of anilines is 1. The number of para-hydroxylation sites is 1. The molecule has 2 amide bonds. The van der Waals surface area contributed by atoms with Crippen molar-refractivity contribution in [3.63, 3.8) is 0 Å². The molecule has 0 bridgehead atoms. The number of carbonyl (C=O) groups excluding carboxylic acids is 2. The smallest absolute Gasteiger partial charge is 0.253 e. The molecule has 1 atom stereocenters. The van der Waals surface area contributed by atoms with E-state index in [2.05, 4.69) is 4.98 Å². The molecule has 4 rings (SSSR count). The monoisotopic (exact) mass is 368 g/mol. The molecule has 1 spiro atoms. The van der Waals surface area contributed by atoms with Crippen LogP contribution in [-0.4, -0.2) is 58.1 Å². The molecule has 1 aromatic heterocycles. The first-order valence-corrected chi connectivity index (χ1v) is 9.31. The molecule has 2 saturated heterocycles. The summed E-state index contributed by atoms with van der Waals surface area (Å²) < 4.78 is 7.92. The topological polar surface area (TPSA) is 67.7 Å². The average Bonchev–Trinajstić information content (AvgIpc) is 3.29. The number of carbonyl (C=O) groups is 2. The van der Waals surface area contributed by atoms with E-state index in [9.17, 15) is 9.59 Å². The van der Waals surface area contributed by atoms with Crippen LogP contribution in [0.5, 0.6) is 0 Å². The lowest BCUT2D eigenvalue weighted by atomic mass is 10.00. The summed E-state index contributed by atoms with van der Waals surface area (Å²) in [7, 11) is 0. The van der Waals surface area contributed by atoms with Crippen molar-refractivity contribution in [2.75, 3.05) is 31.1 Å². The van der Waals surface area contributed by atoms with Crippen LogP contribution >= 0.6 is 0 Å². The minimum absolute atomic E-state index is 0.0350. The lowest BCUT2D eigenvalue weighted by Gasteiger charge is -2.40. The summed E-state index contributed by atoms with van der Waals surface area (Å²) in [6.45, 7) is 4.30. The first-order chi connectivity index (χ1) is 13.1. The highest BCUT2D eigenvalue weighted by Gasteiger charge is 2.46. The number of ether oxygens (including phenoxy) is 1. The minimum Gasteiger partial charge on any atom is -0.361 e. The van der Waals surface area contributed by atoms with Crippen LogP contribution in [-0.2, 0) is 20.9 Å². The zero-order valence-corrected chi connectivity index (χ0v) is 15.5. The highest BCUT2D eigenvalue weighted by molar-refractivity contribution is 5.95. The van der Waals surface area contributed by atoms with Crippen molar-refractivity contribution in [2.45, 2.75) is 31.9 Å². The van der Waals surface area contributed by atoms with Gasteiger partial charge in [0.2, 0.25) is 5.91 Å². The van der Waals surface area contributed by atoms with Gasteiger partial charge in [0.1, 0.15) is 18.0 Å². The fraction of sp³-hybridized carbons (Fsp3) is 0.450. The summed E-state index contributed by atoms with van der Waals surface area (Å²) >= 11 is 0. The molecule has 7 heteroatoms. The molecular weight excluding hydrogens is 344 g/mol. The van der Waals surface area contributed by atoms with Gasteiger partial charge in [0.25, 0.3) is 5.91 Å². The van der Waals surface area contributed by atoms with Gasteiger partial charge in [-0.3, -0.25) is 9.59 Å². The van der Waals surface area contributed by atoms with Crippen LogP contribution in [0.3, 0.4) is 0 Å². The van der Waals surface area contributed by atoms with Crippen LogP contribution in [0.4, 0.5) is 5.69 Å². The van der Waals surface area contributed by atoms with E-state index in [1.54, 1.807) is 11.1 Å². The van der Waals surface area contributed by atoms with E-state index >= 15 is 0 Å². The SMILES string of the molecule is Cc1nccn1CCC(=O)N1CCC2(C1)CN(c1ccccc1)C(=O)CO2. The molecule has 2 fully saturated rings. The summed E-state index contributed by atoms with van der Waals surface area (Å²) in [6, 6.07) is 9.65. The maximum absolute atomic E-state index is 12.6. The number of morpholine rings is 1. The Labute approximate surface area is 158 Å². The summed E-state index contributed by atoms with van der Waals surface area (Å²) in [4.78, 5) is 32.8. The van der Waals surface area contributed by atoms with Crippen molar-refractivity contribution in [3.8, 4) is 0 Å². The van der Waals surface area contributed by atoms with E-state index in [4.69, 9.17) is 4.74 Å². The van der Waals surface area contributed by atoms with Crippen molar-refractivity contribution in [1.29, 1.82) is 0 Å². The van der Waals surface area contributed by atoms with E-state index in [1.807, 2.05) is 52.9 Å². The molecule has 3 heterocycles. The number of likely N-dealkylation sites (tertiary alicyclic amines) is 1. The van der Waals surface area contributed by atoms with Crippen molar-refractivity contribution >= 4 is 17.5 Å². The third-order valence-corrected chi connectivity index (χ3v) is 5.48. The third kappa shape index (κ3) is 3.60. The second-order valence-electron chi connectivity index (χ2n) is 7.27. The molecule has 1 unspecified atom stereocenters. The van der Waals surface area contributed by atoms with E-state index in [1.165, 1.54) is 0 Å². The van der Waals surface area contributed by atoms with Gasteiger partial charge in [-0.2, -0.15) is 0 Å². The first kappa shape index (κ1) is 17.7. The Kier molecular flexibility index (Phi) is 4.70. The van der Waals surface area contributed by atoms with E-state index < -0.39 is 5.60 Å². The molecule has 27 heavy (non-hydrogen) atoms. The molecule has 142 valence electrons. The standard InChI is InChI=1S/C20H24N4O3/c1-16-21-9-12-22(16)10-7-18(25)23-11-8-20(14-23)15-24(19(26)13-27-20)17-5-3-2-4-6-17/h2-6,9,12H,7-8,10-11,13-15H2,1H3. The zero-order valence-electron chi connectivity index (χ0n) is 15.5. The number of imidazole rings is 1. The molecule has 7 nitrogen and oxygen atoms in total. The van der Waals surface area contributed by atoms with Crippen LogP contribution in [0.2, 0.25) is 0 Å². The van der Waals surface area contributed by atoms with Gasteiger partial charge in [0.15, 0.2) is 0 Å². The van der Waals surface area contributed by atoms with Crippen molar-refractivity contribution in [3.05, 3.63) is 48.5 Å². The molecule has 1 aromatic carbocycles. The molecular formula is C20H24N4O3. The Morgan fingerprint density at radius 3 is 2.81 bits per heavy atom. The molecule has 0 N–H and O–H groups in total. The number of rotatable bonds is 4. The summed E-state index contributed by atoms with van der Waals surface area (Å²) in [5, 5.41) is 0. The molecule has 0 aliphatic carbocycles. The highest BCUT2D eigenvalue weighted by atomic mass is 16.5. The number of aromatic nitrogens is 2. The van der Waals surface area contributed by atoms with Gasteiger partial charge in [-0.25, -0.2) is 4.98 Å². The molecule has 2 aromatic rings. The van der Waals surface area contributed by atoms with Crippen molar-refractivity contribution in [1.82, 2.24) is 14.5 Å². The molecule has 0 radical (unpaired) electrons. The normalized spacial score (nSPS) is 22.6. The Morgan fingerprint density at radius 2 is 2.07 bits per heavy atom. The van der Waals surface area contributed by atoms with Crippen LogP contribution in [0, 0.1) is 6.92 Å². The van der Waals surface area contributed by atoms with E-state index in [0.717, 1.165) is 17.9 Å². The summed E-state index contributed by atoms with van der Waals surface area (Å²) in [5.74, 6) is 0.993. The van der Waals surface area contributed by atoms with Gasteiger partial charge < -0.3 is 19.1 Å². The molecule has 0 saturated carbocycles. The van der Waals surface area contributed by atoms with Crippen LogP contribution in [0.1, 0.15) is 18.7 Å². The third-order valence-electron chi connectivity index (χ3n) is 5.48. The Hall–Kier alpha value is -2.67. The van der Waals surface area contributed by atoms with Gasteiger partial charge >= 0.3 is 0 Å². The Balaban J connectivity index is 1.39. The Morgan fingerprint density at radius 1 is 1.26 bits per heavy atom. The predicted molar refractivity (Wildman–Crippen MR) is 100 cm³/mol. The largest absolute Gasteiger partial charge is 0.361 e. The van der Waals surface area contributed by atoms with Crippen molar-refractivity contribution < 1.29 is 14.3 Å². The van der Waals surface area contributed by atoms with Crippen LogP contribution in [0.25, 0.3) is 0 Å². The number of amides is 2. The maximum atomic E-state index is 12.6.